The number of nitrogens with zero attached hydrogens (tertiary/aromatic N) is 1. The molecule has 1 heterocycles. The van der Waals surface area contributed by atoms with E-state index in [0.29, 0.717) is 0 Å². The quantitative estimate of drug-likeness (QED) is 0.739. The Labute approximate surface area is 81.6 Å². The van der Waals surface area contributed by atoms with Crippen LogP contribution in [-0.2, 0) is 0 Å². The van der Waals surface area contributed by atoms with Crippen molar-refractivity contribution in [1.29, 1.82) is 0 Å². The summed E-state index contributed by atoms with van der Waals surface area (Å²) in [6, 6.07) is 9.65. The van der Waals surface area contributed by atoms with Gasteiger partial charge in [-0.2, -0.15) is 5.10 Å². The number of aromatic nitrogens is 2. The fourth-order valence-corrected chi connectivity index (χ4v) is 1.46. The van der Waals surface area contributed by atoms with Crippen molar-refractivity contribution in [2.45, 2.75) is 6.92 Å². The summed E-state index contributed by atoms with van der Waals surface area (Å²) in [6.07, 6.45) is 0. The van der Waals surface area contributed by atoms with Crippen LogP contribution >= 0.6 is 11.6 Å². The number of rotatable bonds is 1. The predicted octanol–water partition coefficient (Wildman–Crippen LogP) is 3.04. The Morgan fingerprint density at radius 3 is 2.69 bits per heavy atom. The molecule has 66 valence electrons. The maximum absolute atomic E-state index is 6.01. The number of H-pyrrole nitrogens is 1. The van der Waals surface area contributed by atoms with Gasteiger partial charge in [0.05, 0.1) is 10.7 Å². The van der Waals surface area contributed by atoms with Gasteiger partial charge in [-0.25, -0.2) is 0 Å². The molecule has 1 N–H and O–H groups in total. The topological polar surface area (TPSA) is 28.7 Å². The zero-order valence-electron chi connectivity index (χ0n) is 7.21. The number of hydrogen-bond acceptors (Lipinski definition) is 1. The third kappa shape index (κ3) is 1.58. The van der Waals surface area contributed by atoms with E-state index in [9.17, 15) is 0 Å². The van der Waals surface area contributed by atoms with Gasteiger partial charge >= 0.3 is 0 Å². The molecule has 0 amide bonds. The Hall–Kier alpha value is -1.28. The fourth-order valence-electron chi connectivity index (χ4n) is 1.22. The summed E-state index contributed by atoms with van der Waals surface area (Å²) in [5, 5.41) is 7.75. The van der Waals surface area contributed by atoms with Crippen molar-refractivity contribution < 1.29 is 0 Å². The molecule has 1 aromatic heterocycles. The van der Waals surface area contributed by atoms with Crippen LogP contribution < -0.4 is 0 Å². The summed E-state index contributed by atoms with van der Waals surface area (Å²) in [5.74, 6) is 0. The van der Waals surface area contributed by atoms with Crippen LogP contribution in [0.1, 0.15) is 5.69 Å². The normalized spacial score (nSPS) is 10.3. The first-order valence-corrected chi connectivity index (χ1v) is 4.42. The average molecular weight is 193 g/mol. The fraction of sp³-hybridized carbons (Fsp3) is 0.100. The first-order chi connectivity index (χ1) is 6.27. The molecule has 0 bridgehead atoms. The predicted molar refractivity (Wildman–Crippen MR) is 53.8 cm³/mol. The molecule has 2 nitrogen and oxygen atoms in total. The molecule has 0 aliphatic heterocycles. The van der Waals surface area contributed by atoms with E-state index in [4.69, 9.17) is 11.6 Å². The van der Waals surface area contributed by atoms with Crippen molar-refractivity contribution in [2.24, 2.45) is 0 Å². The Kier molecular flexibility index (Phi) is 2.07. The average Bonchev–Trinajstić information content (AvgIpc) is 2.53. The third-order valence-corrected chi connectivity index (χ3v) is 2.19. The molecule has 3 heteroatoms. The van der Waals surface area contributed by atoms with E-state index >= 15 is 0 Å². The highest BCUT2D eigenvalue weighted by atomic mass is 35.5. The minimum absolute atomic E-state index is 0.731. The highest BCUT2D eigenvalue weighted by Crippen LogP contribution is 2.25. The van der Waals surface area contributed by atoms with Crippen LogP contribution in [0.2, 0.25) is 5.02 Å². The monoisotopic (exact) mass is 192 g/mol. The maximum atomic E-state index is 6.01. The van der Waals surface area contributed by atoms with Crippen LogP contribution in [0, 0.1) is 6.92 Å². The second-order valence-electron chi connectivity index (χ2n) is 2.92. The lowest BCUT2D eigenvalue weighted by Crippen LogP contribution is -1.78. The van der Waals surface area contributed by atoms with Crippen molar-refractivity contribution >= 4 is 11.6 Å². The van der Waals surface area contributed by atoms with Gasteiger partial charge < -0.3 is 0 Å². The molecule has 0 spiro atoms. The van der Waals surface area contributed by atoms with Crippen molar-refractivity contribution in [3.05, 3.63) is 41.0 Å². The van der Waals surface area contributed by atoms with Gasteiger partial charge in [0.1, 0.15) is 0 Å². The van der Waals surface area contributed by atoms with Crippen LogP contribution in [-0.4, -0.2) is 10.2 Å². The molecule has 0 unspecified atom stereocenters. The molecule has 0 radical (unpaired) electrons. The zero-order valence-corrected chi connectivity index (χ0v) is 7.97. The van der Waals surface area contributed by atoms with Gasteiger partial charge in [0, 0.05) is 11.3 Å². The van der Waals surface area contributed by atoms with Crippen molar-refractivity contribution in [1.82, 2.24) is 10.2 Å². The van der Waals surface area contributed by atoms with Crippen molar-refractivity contribution in [2.75, 3.05) is 0 Å². The number of benzene rings is 1. The van der Waals surface area contributed by atoms with Gasteiger partial charge in [-0.1, -0.05) is 29.8 Å². The molecule has 0 fully saturated rings. The highest BCUT2D eigenvalue weighted by Gasteiger charge is 2.04. The standard InChI is InChI=1S/C10H9ClN2/c1-7-6-10(13-12-7)8-4-2-3-5-9(8)11/h2-6H,1H3,(H,12,13). The van der Waals surface area contributed by atoms with E-state index in [1.807, 2.05) is 37.3 Å². The molecule has 0 atom stereocenters. The number of nitrogens with one attached hydrogen (secondary N) is 1. The summed E-state index contributed by atoms with van der Waals surface area (Å²) in [4.78, 5) is 0. The number of halogens is 1. The summed E-state index contributed by atoms with van der Waals surface area (Å²) in [5.41, 5.74) is 2.89. The van der Waals surface area contributed by atoms with Gasteiger partial charge in [0.25, 0.3) is 0 Å². The summed E-state index contributed by atoms with van der Waals surface area (Å²) in [7, 11) is 0. The van der Waals surface area contributed by atoms with Gasteiger partial charge in [-0.05, 0) is 19.1 Å². The third-order valence-electron chi connectivity index (χ3n) is 1.86. The maximum Gasteiger partial charge on any atom is 0.0938 e. The van der Waals surface area contributed by atoms with Crippen LogP contribution in [0.15, 0.2) is 30.3 Å². The number of aromatic amines is 1. The zero-order chi connectivity index (χ0) is 9.26. The summed E-state index contributed by atoms with van der Waals surface area (Å²) >= 11 is 6.01. The Morgan fingerprint density at radius 2 is 2.08 bits per heavy atom. The Balaban J connectivity index is 2.52. The Bertz CT molecular complexity index is 420. The van der Waals surface area contributed by atoms with Crippen LogP contribution in [0.3, 0.4) is 0 Å². The highest BCUT2D eigenvalue weighted by molar-refractivity contribution is 6.33. The minimum Gasteiger partial charge on any atom is -0.282 e. The SMILES string of the molecule is Cc1cc(-c2ccccc2Cl)n[nH]1. The first kappa shape index (κ1) is 8.32. The first-order valence-electron chi connectivity index (χ1n) is 4.04. The van der Waals surface area contributed by atoms with E-state index < -0.39 is 0 Å². The molecule has 0 aliphatic carbocycles. The number of aryl methyl sites for hydroxylation is 1. The van der Waals surface area contributed by atoms with Gasteiger partial charge in [-0.15, -0.1) is 0 Å². The molecule has 2 aromatic rings. The van der Waals surface area contributed by atoms with Crippen LogP contribution in [0.25, 0.3) is 11.3 Å². The molecule has 1 aromatic carbocycles. The van der Waals surface area contributed by atoms with E-state index in [0.717, 1.165) is 22.0 Å². The molecular formula is C10H9ClN2. The van der Waals surface area contributed by atoms with Crippen molar-refractivity contribution in [3.8, 4) is 11.3 Å². The van der Waals surface area contributed by atoms with E-state index in [2.05, 4.69) is 10.2 Å². The second-order valence-corrected chi connectivity index (χ2v) is 3.32. The van der Waals surface area contributed by atoms with Crippen LogP contribution in [0.5, 0.6) is 0 Å². The smallest absolute Gasteiger partial charge is 0.0938 e. The molecular weight excluding hydrogens is 184 g/mol. The number of hydrogen-bond donors (Lipinski definition) is 1. The second kappa shape index (κ2) is 3.23. The van der Waals surface area contributed by atoms with E-state index in [1.54, 1.807) is 0 Å². The lowest BCUT2D eigenvalue weighted by atomic mass is 10.1. The lowest BCUT2D eigenvalue weighted by Gasteiger charge is -1.97. The van der Waals surface area contributed by atoms with E-state index in [1.165, 1.54) is 0 Å². The molecule has 0 saturated carbocycles. The molecule has 0 aliphatic rings. The lowest BCUT2D eigenvalue weighted by molar-refractivity contribution is 1.05. The molecule has 0 saturated heterocycles. The van der Waals surface area contributed by atoms with Crippen LogP contribution in [0.4, 0.5) is 0 Å². The summed E-state index contributed by atoms with van der Waals surface area (Å²) < 4.78 is 0. The summed E-state index contributed by atoms with van der Waals surface area (Å²) in [6.45, 7) is 1.97. The molecule has 13 heavy (non-hydrogen) atoms. The minimum atomic E-state index is 0.731. The Morgan fingerprint density at radius 1 is 1.31 bits per heavy atom. The van der Waals surface area contributed by atoms with E-state index in [-0.39, 0.29) is 0 Å². The van der Waals surface area contributed by atoms with Crippen molar-refractivity contribution in [3.63, 3.8) is 0 Å². The molecule has 2 rings (SSSR count). The van der Waals surface area contributed by atoms with Gasteiger partial charge in [0.15, 0.2) is 0 Å². The van der Waals surface area contributed by atoms with Gasteiger partial charge in [0.2, 0.25) is 0 Å². The largest absolute Gasteiger partial charge is 0.282 e. The van der Waals surface area contributed by atoms with Gasteiger partial charge in [-0.3, -0.25) is 5.10 Å².